The van der Waals surface area contributed by atoms with Gasteiger partial charge in [-0.15, -0.1) is 0 Å². The van der Waals surface area contributed by atoms with E-state index in [0.29, 0.717) is 0 Å². The summed E-state index contributed by atoms with van der Waals surface area (Å²) in [7, 11) is 0. The molecular weight excluding hydrogens is 248 g/mol. The Labute approximate surface area is 118 Å². The summed E-state index contributed by atoms with van der Waals surface area (Å²) in [5, 5.41) is 7.73. The maximum absolute atomic E-state index is 4.38. The van der Waals surface area contributed by atoms with E-state index in [9.17, 15) is 0 Å². The van der Waals surface area contributed by atoms with Crippen molar-refractivity contribution < 1.29 is 0 Å². The number of aromatic nitrogens is 3. The Hall–Kier alpha value is -2.62. The molecule has 0 aliphatic heterocycles. The Morgan fingerprint density at radius 1 is 1.10 bits per heavy atom. The predicted molar refractivity (Wildman–Crippen MR) is 79.9 cm³/mol. The van der Waals surface area contributed by atoms with Gasteiger partial charge in [-0.1, -0.05) is 18.2 Å². The van der Waals surface area contributed by atoms with Crippen LogP contribution in [-0.2, 0) is 6.54 Å². The summed E-state index contributed by atoms with van der Waals surface area (Å²) in [6, 6.07) is 12.2. The lowest BCUT2D eigenvalue weighted by molar-refractivity contribution is 0.880. The topological polar surface area (TPSA) is 42.7 Å². The fourth-order valence-electron chi connectivity index (χ4n) is 2.03. The van der Waals surface area contributed by atoms with Crippen molar-refractivity contribution in [2.45, 2.75) is 13.5 Å². The van der Waals surface area contributed by atoms with Crippen LogP contribution in [0.25, 0.3) is 5.69 Å². The average molecular weight is 264 g/mol. The van der Waals surface area contributed by atoms with Crippen molar-refractivity contribution >= 4 is 5.69 Å². The number of nitrogens with one attached hydrogen (secondary N) is 1. The SMILES string of the molecule is Cc1cncc(NCc2cnn(-c3ccccc3)c2)c1. The zero-order valence-electron chi connectivity index (χ0n) is 11.3. The first-order chi connectivity index (χ1) is 9.81. The summed E-state index contributed by atoms with van der Waals surface area (Å²) in [6.07, 6.45) is 7.59. The smallest absolute Gasteiger partial charge is 0.0645 e. The lowest BCUT2D eigenvalue weighted by Crippen LogP contribution is -1.99. The van der Waals surface area contributed by atoms with Crippen molar-refractivity contribution in [1.29, 1.82) is 0 Å². The predicted octanol–water partition coefficient (Wildman–Crippen LogP) is 3.19. The van der Waals surface area contributed by atoms with Crippen molar-refractivity contribution in [1.82, 2.24) is 14.8 Å². The molecule has 0 atom stereocenters. The van der Waals surface area contributed by atoms with E-state index in [1.54, 1.807) is 0 Å². The second-order valence-corrected chi connectivity index (χ2v) is 4.73. The zero-order chi connectivity index (χ0) is 13.8. The molecule has 4 heteroatoms. The van der Waals surface area contributed by atoms with Gasteiger partial charge in [0.2, 0.25) is 0 Å². The van der Waals surface area contributed by atoms with Crippen LogP contribution in [0.1, 0.15) is 11.1 Å². The highest BCUT2D eigenvalue weighted by molar-refractivity contribution is 5.43. The minimum absolute atomic E-state index is 0.734. The van der Waals surface area contributed by atoms with Gasteiger partial charge in [0.1, 0.15) is 0 Å². The first kappa shape index (κ1) is 12.4. The summed E-state index contributed by atoms with van der Waals surface area (Å²) >= 11 is 0. The van der Waals surface area contributed by atoms with Crippen LogP contribution in [0.3, 0.4) is 0 Å². The number of para-hydroxylation sites is 1. The number of pyridine rings is 1. The van der Waals surface area contributed by atoms with Gasteiger partial charge in [-0.25, -0.2) is 4.68 Å². The summed E-state index contributed by atoms with van der Waals surface area (Å²) in [6.45, 7) is 2.77. The van der Waals surface area contributed by atoms with Gasteiger partial charge >= 0.3 is 0 Å². The van der Waals surface area contributed by atoms with Gasteiger partial charge in [0.15, 0.2) is 0 Å². The minimum atomic E-state index is 0.734. The Balaban J connectivity index is 1.69. The van der Waals surface area contributed by atoms with Gasteiger partial charge in [0.25, 0.3) is 0 Å². The van der Waals surface area contributed by atoms with Crippen molar-refractivity contribution in [3.63, 3.8) is 0 Å². The largest absolute Gasteiger partial charge is 0.380 e. The first-order valence-electron chi connectivity index (χ1n) is 6.56. The van der Waals surface area contributed by atoms with Gasteiger partial charge in [-0.05, 0) is 30.7 Å². The molecule has 100 valence electrons. The van der Waals surface area contributed by atoms with Crippen LogP contribution in [0, 0.1) is 6.92 Å². The van der Waals surface area contributed by atoms with Crippen molar-refractivity contribution in [3.05, 3.63) is 72.3 Å². The van der Waals surface area contributed by atoms with E-state index in [-0.39, 0.29) is 0 Å². The summed E-state index contributed by atoms with van der Waals surface area (Å²) in [5.74, 6) is 0. The molecular formula is C16H16N4. The van der Waals surface area contributed by atoms with E-state index >= 15 is 0 Å². The molecule has 0 bridgehead atoms. The third kappa shape index (κ3) is 2.85. The standard InChI is InChI=1S/C16H16N4/c1-13-7-15(11-17-8-13)18-9-14-10-19-20(12-14)16-5-3-2-4-6-16/h2-8,10-12,18H,9H2,1H3. The Bertz CT molecular complexity index is 688. The van der Waals surface area contributed by atoms with Crippen molar-refractivity contribution in [2.24, 2.45) is 0 Å². The van der Waals surface area contributed by atoms with Gasteiger partial charge in [0, 0.05) is 30.7 Å². The van der Waals surface area contributed by atoms with E-state index in [4.69, 9.17) is 0 Å². The zero-order valence-corrected chi connectivity index (χ0v) is 11.3. The molecule has 2 aromatic heterocycles. The number of rotatable bonds is 4. The molecule has 1 N–H and O–H groups in total. The third-order valence-electron chi connectivity index (χ3n) is 3.03. The number of anilines is 1. The number of benzene rings is 1. The summed E-state index contributed by atoms with van der Waals surface area (Å²) < 4.78 is 1.88. The molecule has 0 aliphatic carbocycles. The fraction of sp³-hybridized carbons (Fsp3) is 0.125. The Morgan fingerprint density at radius 3 is 2.75 bits per heavy atom. The van der Waals surface area contributed by atoms with Crippen LogP contribution in [0.5, 0.6) is 0 Å². The maximum Gasteiger partial charge on any atom is 0.0645 e. The second-order valence-electron chi connectivity index (χ2n) is 4.73. The molecule has 2 heterocycles. The van der Waals surface area contributed by atoms with Gasteiger partial charge in [-0.3, -0.25) is 4.98 Å². The molecule has 3 rings (SSSR count). The summed E-state index contributed by atoms with van der Waals surface area (Å²) in [4.78, 5) is 4.17. The molecule has 0 radical (unpaired) electrons. The molecule has 0 fully saturated rings. The summed E-state index contributed by atoms with van der Waals surface area (Å²) in [5.41, 5.74) is 4.37. The van der Waals surface area contributed by atoms with Crippen LogP contribution >= 0.6 is 0 Å². The molecule has 1 aromatic carbocycles. The number of hydrogen-bond acceptors (Lipinski definition) is 3. The van der Waals surface area contributed by atoms with Crippen LogP contribution < -0.4 is 5.32 Å². The quantitative estimate of drug-likeness (QED) is 0.787. The highest BCUT2D eigenvalue weighted by Crippen LogP contribution is 2.11. The molecule has 0 spiro atoms. The van der Waals surface area contributed by atoms with Crippen LogP contribution in [-0.4, -0.2) is 14.8 Å². The highest BCUT2D eigenvalue weighted by atomic mass is 15.3. The average Bonchev–Trinajstić information content (AvgIpc) is 2.95. The van der Waals surface area contributed by atoms with E-state index in [1.165, 1.54) is 0 Å². The second kappa shape index (κ2) is 5.57. The monoisotopic (exact) mass is 264 g/mol. The molecule has 0 saturated heterocycles. The maximum atomic E-state index is 4.38. The number of aryl methyl sites for hydroxylation is 1. The van der Waals surface area contributed by atoms with Crippen molar-refractivity contribution in [3.8, 4) is 5.69 Å². The molecule has 3 aromatic rings. The van der Waals surface area contributed by atoms with Crippen molar-refractivity contribution in [2.75, 3.05) is 5.32 Å². The van der Waals surface area contributed by atoms with Crippen LogP contribution in [0.2, 0.25) is 0 Å². The van der Waals surface area contributed by atoms with Gasteiger partial charge in [0.05, 0.1) is 17.6 Å². The molecule has 0 aliphatic rings. The van der Waals surface area contributed by atoms with E-state index in [2.05, 4.69) is 21.5 Å². The fourth-order valence-corrected chi connectivity index (χ4v) is 2.03. The Kier molecular flexibility index (Phi) is 3.46. The molecule has 0 saturated carbocycles. The number of nitrogens with zero attached hydrogens (tertiary/aromatic N) is 3. The number of hydrogen-bond donors (Lipinski definition) is 1. The highest BCUT2D eigenvalue weighted by Gasteiger charge is 2.01. The molecule has 0 amide bonds. The van der Waals surface area contributed by atoms with Gasteiger partial charge in [-0.2, -0.15) is 5.10 Å². The van der Waals surface area contributed by atoms with Gasteiger partial charge < -0.3 is 5.32 Å². The molecule has 4 nitrogen and oxygen atoms in total. The normalized spacial score (nSPS) is 10.4. The lowest BCUT2D eigenvalue weighted by atomic mass is 10.3. The van der Waals surface area contributed by atoms with E-state index in [1.807, 2.05) is 66.7 Å². The van der Waals surface area contributed by atoms with E-state index < -0.39 is 0 Å². The molecule has 0 unspecified atom stereocenters. The van der Waals surface area contributed by atoms with Crippen LogP contribution in [0.15, 0.2) is 61.2 Å². The lowest BCUT2D eigenvalue weighted by Gasteiger charge is -2.04. The Morgan fingerprint density at radius 2 is 1.95 bits per heavy atom. The third-order valence-corrected chi connectivity index (χ3v) is 3.03. The minimum Gasteiger partial charge on any atom is -0.380 e. The molecule has 20 heavy (non-hydrogen) atoms. The van der Waals surface area contributed by atoms with Crippen LogP contribution in [0.4, 0.5) is 5.69 Å². The van der Waals surface area contributed by atoms with E-state index in [0.717, 1.165) is 29.0 Å². The first-order valence-corrected chi connectivity index (χ1v) is 6.56.